The Labute approximate surface area is 165 Å². The number of aromatic amines is 1. The van der Waals surface area contributed by atoms with Crippen LogP contribution in [0.1, 0.15) is 5.56 Å². The number of H-pyrrole nitrogens is 1. The highest BCUT2D eigenvalue weighted by Crippen LogP contribution is 2.30. The summed E-state index contributed by atoms with van der Waals surface area (Å²) in [5, 5.41) is 4.19. The van der Waals surface area contributed by atoms with Crippen molar-refractivity contribution in [2.75, 3.05) is 11.9 Å². The van der Waals surface area contributed by atoms with Crippen molar-refractivity contribution in [1.82, 2.24) is 29.9 Å². The lowest BCUT2D eigenvalue weighted by Gasteiger charge is -2.13. The summed E-state index contributed by atoms with van der Waals surface area (Å²) in [6.07, 6.45) is 7.31. The van der Waals surface area contributed by atoms with Gasteiger partial charge in [-0.1, -0.05) is 6.07 Å². The van der Waals surface area contributed by atoms with E-state index in [1.165, 1.54) is 18.5 Å². The molecule has 29 heavy (non-hydrogen) atoms. The maximum absolute atomic E-state index is 13.7. The van der Waals surface area contributed by atoms with Gasteiger partial charge in [-0.05, 0) is 36.2 Å². The highest BCUT2D eigenvalue weighted by atomic mass is 19.1. The van der Waals surface area contributed by atoms with Crippen LogP contribution in [0.5, 0.6) is 0 Å². The molecule has 8 heteroatoms. The summed E-state index contributed by atoms with van der Waals surface area (Å²) in [5.74, 6) is 0.365. The number of hydrogen-bond acceptors (Lipinski definition) is 6. The van der Waals surface area contributed by atoms with Gasteiger partial charge in [-0.15, -0.1) is 0 Å². The van der Waals surface area contributed by atoms with Gasteiger partial charge < -0.3 is 10.3 Å². The predicted molar refractivity (Wildman–Crippen MR) is 109 cm³/mol. The first kappa shape index (κ1) is 17.2. The van der Waals surface area contributed by atoms with Crippen molar-refractivity contribution in [2.24, 2.45) is 0 Å². The molecule has 0 aliphatic rings. The van der Waals surface area contributed by atoms with Crippen LogP contribution in [0.3, 0.4) is 0 Å². The van der Waals surface area contributed by atoms with E-state index in [0.717, 1.165) is 22.2 Å². The zero-order valence-corrected chi connectivity index (χ0v) is 15.3. The molecule has 0 spiro atoms. The lowest BCUT2D eigenvalue weighted by Crippen LogP contribution is -2.08. The first-order valence-electron chi connectivity index (χ1n) is 9.16. The molecular weight excluding hydrogens is 369 g/mol. The van der Waals surface area contributed by atoms with Crippen molar-refractivity contribution in [2.45, 2.75) is 6.42 Å². The van der Waals surface area contributed by atoms with E-state index in [-0.39, 0.29) is 5.82 Å². The Kier molecular flexibility index (Phi) is 4.28. The summed E-state index contributed by atoms with van der Waals surface area (Å²) >= 11 is 0. The minimum Gasteiger partial charge on any atom is -0.368 e. The molecule has 0 radical (unpaired) electrons. The minimum atomic E-state index is -0.307. The predicted octanol–water partition coefficient (Wildman–Crippen LogP) is 3.76. The molecule has 0 atom stereocenters. The summed E-state index contributed by atoms with van der Waals surface area (Å²) in [6, 6.07) is 10.4. The van der Waals surface area contributed by atoms with E-state index >= 15 is 0 Å². The molecule has 0 aliphatic carbocycles. The topological polar surface area (TPSA) is 92.3 Å². The van der Waals surface area contributed by atoms with E-state index in [4.69, 9.17) is 0 Å². The molecule has 0 amide bonds. The molecule has 4 aromatic heterocycles. The molecular formula is C21H16FN7. The molecule has 0 saturated heterocycles. The van der Waals surface area contributed by atoms with E-state index in [9.17, 15) is 4.39 Å². The number of aromatic nitrogens is 6. The Morgan fingerprint density at radius 1 is 1.00 bits per heavy atom. The fourth-order valence-electron chi connectivity index (χ4n) is 3.42. The van der Waals surface area contributed by atoms with Crippen LogP contribution in [0, 0.1) is 5.82 Å². The zero-order valence-electron chi connectivity index (χ0n) is 15.3. The van der Waals surface area contributed by atoms with Crippen molar-refractivity contribution in [3.63, 3.8) is 0 Å². The Morgan fingerprint density at radius 2 is 1.97 bits per heavy atom. The maximum atomic E-state index is 13.7. The van der Waals surface area contributed by atoms with Crippen LogP contribution in [0.2, 0.25) is 0 Å². The summed E-state index contributed by atoms with van der Waals surface area (Å²) in [7, 11) is 0. The molecule has 0 unspecified atom stereocenters. The second-order valence-electron chi connectivity index (χ2n) is 6.53. The third-order valence-corrected chi connectivity index (χ3v) is 4.73. The Hall–Kier alpha value is -3.94. The van der Waals surface area contributed by atoms with E-state index in [1.54, 1.807) is 24.8 Å². The average molecular weight is 385 g/mol. The lowest BCUT2D eigenvalue weighted by molar-refractivity contribution is 0.629. The second-order valence-corrected chi connectivity index (χ2v) is 6.53. The van der Waals surface area contributed by atoms with Gasteiger partial charge in [0.15, 0.2) is 11.5 Å². The van der Waals surface area contributed by atoms with Crippen LogP contribution >= 0.6 is 0 Å². The molecule has 5 rings (SSSR count). The van der Waals surface area contributed by atoms with Crippen molar-refractivity contribution in [3.05, 3.63) is 72.8 Å². The van der Waals surface area contributed by atoms with Crippen molar-refractivity contribution < 1.29 is 4.39 Å². The van der Waals surface area contributed by atoms with Gasteiger partial charge in [-0.25, -0.2) is 19.3 Å². The molecule has 0 aliphatic heterocycles. The van der Waals surface area contributed by atoms with Crippen LogP contribution in [0.15, 0.2) is 61.4 Å². The minimum absolute atomic E-state index is 0.307. The summed E-state index contributed by atoms with van der Waals surface area (Å²) in [5.41, 5.74) is 4.80. The van der Waals surface area contributed by atoms with E-state index in [0.29, 0.717) is 35.5 Å². The largest absolute Gasteiger partial charge is 0.368 e. The lowest BCUT2D eigenvalue weighted by atomic mass is 9.98. The number of benzene rings is 1. The smallest absolute Gasteiger partial charge is 0.162 e. The third-order valence-electron chi connectivity index (χ3n) is 4.73. The molecule has 2 N–H and O–H groups in total. The zero-order chi connectivity index (χ0) is 19.6. The number of hydrogen-bond donors (Lipinski definition) is 2. The molecule has 4 heterocycles. The van der Waals surface area contributed by atoms with E-state index in [1.807, 2.05) is 18.2 Å². The van der Waals surface area contributed by atoms with Gasteiger partial charge >= 0.3 is 0 Å². The standard InChI is InChI=1S/C21H16FN7/c22-14-4-5-15-17(9-14)25-10-13(18(15)16-3-1-2-7-23-16)6-8-24-20-19-21(27-11-26-19)29-12-28-20/h1-5,7,9-12H,6,8H2,(H2,24,26,27,28,29). The maximum Gasteiger partial charge on any atom is 0.162 e. The SMILES string of the molecule is Fc1ccc2c(-c3ccccn3)c(CCNc3ncnc4[nH]cnc34)cnc2c1. The van der Waals surface area contributed by atoms with E-state index in [2.05, 4.69) is 35.2 Å². The van der Waals surface area contributed by atoms with Crippen LogP contribution in [0.4, 0.5) is 10.2 Å². The number of nitrogens with one attached hydrogen (secondary N) is 2. The molecule has 0 saturated carbocycles. The van der Waals surface area contributed by atoms with Crippen molar-refractivity contribution in [3.8, 4) is 11.3 Å². The van der Waals surface area contributed by atoms with Crippen molar-refractivity contribution in [1.29, 1.82) is 0 Å². The van der Waals surface area contributed by atoms with Gasteiger partial charge in [0.1, 0.15) is 17.7 Å². The average Bonchev–Trinajstić information content (AvgIpc) is 3.24. The quantitative estimate of drug-likeness (QED) is 0.479. The van der Waals surface area contributed by atoms with Crippen molar-refractivity contribution >= 4 is 27.9 Å². The van der Waals surface area contributed by atoms with E-state index < -0.39 is 0 Å². The number of halogens is 1. The van der Waals surface area contributed by atoms with Crippen LogP contribution < -0.4 is 5.32 Å². The van der Waals surface area contributed by atoms with Gasteiger partial charge in [0.25, 0.3) is 0 Å². The number of rotatable bonds is 5. The number of fused-ring (bicyclic) bond motifs is 2. The van der Waals surface area contributed by atoms with Gasteiger partial charge in [-0.3, -0.25) is 9.97 Å². The highest BCUT2D eigenvalue weighted by molar-refractivity contribution is 5.95. The fraction of sp³-hybridized carbons (Fsp3) is 0.0952. The monoisotopic (exact) mass is 385 g/mol. The normalized spacial score (nSPS) is 11.2. The third kappa shape index (κ3) is 3.25. The summed E-state index contributed by atoms with van der Waals surface area (Å²) in [4.78, 5) is 24.6. The Balaban J connectivity index is 1.49. The summed E-state index contributed by atoms with van der Waals surface area (Å²) < 4.78 is 13.7. The molecule has 1 aromatic carbocycles. The molecule has 5 aromatic rings. The van der Waals surface area contributed by atoms with Gasteiger partial charge in [0, 0.05) is 36.0 Å². The van der Waals surface area contributed by atoms with Gasteiger partial charge in [0.2, 0.25) is 0 Å². The first-order chi connectivity index (χ1) is 14.3. The Bertz CT molecular complexity index is 1300. The van der Waals surface area contributed by atoms with Gasteiger partial charge in [0.05, 0.1) is 17.5 Å². The van der Waals surface area contributed by atoms with Crippen LogP contribution in [-0.4, -0.2) is 36.4 Å². The van der Waals surface area contributed by atoms with Crippen LogP contribution in [-0.2, 0) is 6.42 Å². The number of pyridine rings is 2. The van der Waals surface area contributed by atoms with Gasteiger partial charge in [-0.2, -0.15) is 0 Å². The highest BCUT2D eigenvalue weighted by Gasteiger charge is 2.13. The molecule has 0 fully saturated rings. The Morgan fingerprint density at radius 3 is 2.86 bits per heavy atom. The molecule has 142 valence electrons. The summed E-state index contributed by atoms with van der Waals surface area (Å²) in [6.45, 7) is 0.618. The van der Waals surface area contributed by atoms with Crippen LogP contribution in [0.25, 0.3) is 33.3 Å². The molecule has 7 nitrogen and oxygen atoms in total. The molecule has 0 bridgehead atoms. The second kappa shape index (κ2) is 7.23. The number of nitrogens with zero attached hydrogens (tertiary/aromatic N) is 5. The number of imidazole rings is 1. The first-order valence-corrected chi connectivity index (χ1v) is 9.16. The number of anilines is 1. The fourth-order valence-corrected chi connectivity index (χ4v) is 3.42.